The van der Waals surface area contributed by atoms with Crippen LogP contribution >= 0.6 is 11.3 Å². The summed E-state index contributed by atoms with van der Waals surface area (Å²) in [5.41, 5.74) is 5.59. The van der Waals surface area contributed by atoms with Gasteiger partial charge in [0.1, 0.15) is 0 Å². The predicted molar refractivity (Wildman–Crippen MR) is 61.6 cm³/mol. The molecule has 2 rings (SSSR count). The first kappa shape index (κ1) is 10.9. The quantitative estimate of drug-likeness (QED) is 0.806. The van der Waals surface area contributed by atoms with E-state index in [2.05, 4.69) is 16.8 Å². The second-order valence-corrected chi connectivity index (χ2v) is 5.30. The van der Waals surface area contributed by atoms with Crippen molar-refractivity contribution in [3.63, 3.8) is 0 Å². The lowest BCUT2D eigenvalue weighted by atomic mass is 10.0. The molecule has 0 aromatic carbocycles. The van der Waals surface area contributed by atoms with E-state index in [0.29, 0.717) is 17.1 Å². The number of aliphatic hydroxyl groups excluding tert-OH is 1. The normalized spacial score (nSPS) is 27.3. The molecule has 0 saturated carbocycles. The van der Waals surface area contributed by atoms with Crippen molar-refractivity contribution in [2.75, 3.05) is 18.9 Å². The van der Waals surface area contributed by atoms with Crippen molar-refractivity contribution < 1.29 is 5.11 Å². The molecule has 0 radical (unpaired) electrons. The molecule has 84 valence electrons. The zero-order valence-corrected chi connectivity index (χ0v) is 9.70. The lowest BCUT2D eigenvalue weighted by Gasteiger charge is -2.24. The lowest BCUT2D eigenvalue weighted by Crippen LogP contribution is -2.34. The van der Waals surface area contributed by atoms with Gasteiger partial charge in [0.15, 0.2) is 5.13 Å². The molecule has 1 aromatic heterocycles. The molecule has 2 heterocycles. The third-order valence-corrected chi connectivity index (χ3v) is 3.93. The van der Waals surface area contributed by atoms with Gasteiger partial charge in [-0.1, -0.05) is 6.92 Å². The maximum absolute atomic E-state index is 9.31. The molecule has 4 nitrogen and oxygen atoms in total. The molecule has 2 atom stereocenters. The zero-order valence-electron chi connectivity index (χ0n) is 8.89. The standard InChI is InChI=1S/C10H17N3OS/c1-7-2-3-13(9(7)6-14)5-8-4-12-10(11)15-8/h4,7,9,14H,2-3,5-6H2,1H3,(H2,11,12). The second-order valence-electron chi connectivity index (χ2n) is 4.15. The Morgan fingerprint density at radius 2 is 2.53 bits per heavy atom. The van der Waals surface area contributed by atoms with Crippen LogP contribution in [0.15, 0.2) is 6.20 Å². The Morgan fingerprint density at radius 3 is 3.13 bits per heavy atom. The van der Waals surface area contributed by atoms with Crippen molar-refractivity contribution >= 4 is 16.5 Å². The van der Waals surface area contributed by atoms with Gasteiger partial charge < -0.3 is 10.8 Å². The van der Waals surface area contributed by atoms with Gasteiger partial charge in [-0.05, 0) is 18.9 Å². The van der Waals surface area contributed by atoms with Crippen LogP contribution in [0, 0.1) is 5.92 Å². The number of nitrogens with two attached hydrogens (primary N) is 1. The Labute approximate surface area is 93.7 Å². The number of likely N-dealkylation sites (tertiary alicyclic amines) is 1. The predicted octanol–water partition coefficient (Wildman–Crippen LogP) is 0.928. The van der Waals surface area contributed by atoms with Gasteiger partial charge in [-0.15, -0.1) is 11.3 Å². The Morgan fingerprint density at radius 1 is 1.73 bits per heavy atom. The molecule has 3 N–H and O–H groups in total. The molecule has 0 spiro atoms. The summed E-state index contributed by atoms with van der Waals surface area (Å²) in [4.78, 5) is 7.53. The van der Waals surface area contributed by atoms with Crippen LogP contribution in [0.25, 0.3) is 0 Å². The minimum atomic E-state index is 0.245. The average Bonchev–Trinajstić information content (AvgIpc) is 2.75. The number of nitrogen functional groups attached to an aromatic ring is 1. The maximum Gasteiger partial charge on any atom is 0.180 e. The fraction of sp³-hybridized carbons (Fsp3) is 0.700. The Balaban J connectivity index is 2.00. The molecule has 5 heteroatoms. The van der Waals surface area contributed by atoms with Crippen LogP contribution in [0.3, 0.4) is 0 Å². The SMILES string of the molecule is CC1CCN(Cc2cnc(N)s2)C1CO. The summed E-state index contributed by atoms with van der Waals surface area (Å²) in [5.74, 6) is 0.584. The zero-order chi connectivity index (χ0) is 10.8. The van der Waals surface area contributed by atoms with Gasteiger partial charge in [0, 0.05) is 23.7 Å². The van der Waals surface area contributed by atoms with Gasteiger partial charge in [0.05, 0.1) is 6.61 Å². The smallest absolute Gasteiger partial charge is 0.180 e. The van der Waals surface area contributed by atoms with Crippen molar-refractivity contribution in [1.82, 2.24) is 9.88 Å². The third kappa shape index (κ3) is 2.30. The largest absolute Gasteiger partial charge is 0.395 e. The molecule has 0 amide bonds. The van der Waals surface area contributed by atoms with Crippen molar-refractivity contribution in [3.05, 3.63) is 11.1 Å². The Bertz CT molecular complexity index is 328. The molecule has 2 unspecified atom stereocenters. The van der Waals surface area contributed by atoms with E-state index in [1.165, 1.54) is 22.6 Å². The van der Waals surface area contributed by atoms with Gasteiger partial charge in [0.2, 0.25) is 0 Å². The van der Waals surface area contributed by atoms with Gasteiger partial charge in [-0.25, -0.2) is 4.98 Å². The Kier molecular flexibility index (Phi) is 3.23. The summed E-state index contributed by atoms with van der Waals surface area (Å²) in [6.45, 7) is 4.37. The minimum absolute atomic E-state index is 0.245. The number of hydrogen-bond donors (Lipinski definition) is 2. The molecule has 1 saturated heterocycles. The number of thiazole rings is 1. The summed E-state index contributed by atoms with van der Waals surface area (Å²) in [7, 11) is 0. The molecule has 1 aliphatic rings. The molecule has 1 aromatic rings. The van der Waals surface area contributed by atoms with E-state index in [1.54, 1.807) is 0 Å². The van der Waals surface area contributed by atoms with E-state index >= 15 is 0 Å². The molecule has 0 aliphatic carbocycles. The monoisotopic (exact) mass is 227 g/mol. The number of hydrogen-bond acceptors (Lipinski definition) is 5. The van der Waals surface area contributed by atoms with Crippen LogP contribution in [0.4, 0.5) is 5.13 Å². The average molecular weight is 227 g/mol. The van der Waals surface area contributed by atoms with E-state index in [1.807, 2.05) is 6.20 Å². The summed E-state index contributed by atoms with van der Waals surface area (Å²) in [6.07, 6.45) is 3.00. The Hall–Kier alpha value is -0.650. The van der Waals surface area contributed by atoms with Crippen molar-refractivity contribution in [3.8, 4) is 0 Å². The molecule has 0 bridgehead atoms. The summed E-state index contributed by atoms with van der Waals surface area (Å²) >= 11 is 1.53. The highest BCUT2D eigenvalue weighted by Crippen LogP contribution is 2.27. The third-order valence-electron chi connectivity index (χ3n) is 3.11. The van der Waals surface area contributed by atoms with E-state index < -0.39 is 0 Å². The second kappa shape index (κ2) is 4.47. The number of nitrogens with zero attached hydrogens (tertiary/aromatic N) is 2. The van der Waals surface area contributed by atoms with Crippen LogP contribution in [-0.4, -0.2) is 34.2 Å². The van der Waals surface area contributed by atoms with Crippen LogP contribution in [0.2, 0.25) is 0 Å². The summed E-state index contributed by atoms with van der Waals surface area (Å²) in [5, 5.41) is 9.93. The van der Waals surface area contributed by atoms with Gasteiger partial charge >= 0.3 is 0 Å². The van der Waals surface area contributed by atoms with Crippen LogP contribution in [0.1, 0.15) is 18.2 Å². The molecule has 1 fully saturated rings. The molecular weight excluding hydrogens is 210 g/mol. The highest BCUT2D eigenvalue weighted by Gasteiger charge is 2.30. The molecule has 15 heavy (non-hydrogen) atoms. The maximum atomic E-state index is 9.31. The topological polar surface area (TPSA) is 62.4 Å². The van der Waals surface area contributed by atoms with E-state index in [4.69, 9.17) is 5.73 Å². The van der Waals surface area contributed by atoms with Crippen LogP contribution in [-0.2, 0) is 6.54 Å². The van der Waals surface area contributed by atoms with Crippen molar-refractivity contribution in [2.24, 2.45) is 5.92 Å². The highest BCUT2D eigenvalue weighted by molar-refractivity contribution is 7.15. The van der Waals surface area contributed by atoms with Crippen molar-refractivity contribution in [2.45, 2.75) is 25.9 Å². The van der Waals surface area contributed by atoms with Crippen LogP contribution in [0.5, 0.6) is 0 Å². The first-order valence-electron chi connectivity index (χ1n) is 5.26. The summed E-state index contributed by atoms with van der Waals surface area (Å²) < 4.78 is 0. The fourth-order valence-corrected chi connectivity index (χ4v) is 2.89. The van der Waals surface area contributed by atoms with Gasteiger partial charge in [0.25, 0.3) is 0 Å². The van der Waals surface area contributed by atoms with Gasteiger partial charge in [-0.3, -0.25) is 4.90 Å². The fourth-order valence-electron chi connectivity index (χ4n) is 2.18. The summed E-state index contributed by atoms with van der Waals surface area (Å²) in [6, 6.07) is 0.299. The molecule has 1 aliphatic heterocycles. The van der Waals surface area contributed by atoms with Crippen LogP contribution < -0.4 is 5.73 Å². The van der Waals surface area contributed by atoms with E-state index in [-0.39, 0.29) is 6.61 Å². The lowest BCUT2D eigenvalue weighted by molar-refractivity contribution is 0.135. The number of rotatable bonds is 3. The van der Waals surface area contributed by atoms with E-state index in [9.17, 15) is 5.11 Å². The molecular formula is C10H17N3OS. The first-order chi connectivity index (χ1) is 7.20. The minimum Gasteiger partial charge on any atom is -0.395 e. The number of anilines is 1. The van der Waals surface area contributed by atoms with Crippen molar-refractivity contribution in [1.29, 1.82) is 0 Å². The first-order valence-corrected chi connectivity index (χ1v) is 6.07. The van der Waals surface area contributed by atoms with Gasteiger partial charge in [-0.2, -0.15) is 0 Å². The highest BCUT2D eigenvalue weighted by atomic mass is 32.1. The number of aliphatic hydroxyl groups is 1. The number of aromatic nitrogens is 1. The van der Waals surface area contributed by atoms with E-state index in [0.717, 1.165) is 13.1 Å².